The smallest absolute Gasteiger partial charge is 0.411 e. The largest absolute Gasteiger partial charge is 0.488 e. The first-order valence-electron chi connectivity index (χ1n) is 8.97. The van der Waals surface area contributed by atoms with Crippen molar-refractivity contribution in [3.63, 3.8) is 0 Å². The number of aliphatic carboxylic acids is 1. The number of hydrogen-bond acceptors (Lipinski definition) is 4. The number of rotatable bonds is 4. The topological polar surface area (TPSA) is 76.1 Å². The van der Waals surface area contributed by atoms with Gasteiger partial charge in [-0.25, -0.2) is 9.59 Å². The Morgan fingerprint density at radius 2 is 1.92 bits per heavy atom. The highest BCUT2D eigenvalue weighted by Gasteiger charge is 2.42. The predicted octanol–water partition coefficient (Wildman–Crippen LogP) is 3.96. The highest BCUT2D eigenvalue weighted by Crippen LogP contribution is 2.28. The molecule has 2 unspecified atom stereocenters. The normalized spacial score (nSPS) is 20.3. The summed E-state index contributed by atoms with van der Waals surface area (Å²) in [6, 6.07) is 4.95. The molecule has 1 heterocycles. The van der Waals surface area contributed by atoms with Crippen molar-refractivity contribution >= 4 is 12.1 Å². The molecule has 0 spiro atoms. The molecular weight excluding hydrogens is 334 g/mol. The van der Waals surface area contributed by atoms with E-state index >= 15 is 0 Å². The molecule has 0 saturated carbocycles. The Labute approximate surface area is 155 Å². The summed E-state index contributed by atoms with van der Waals surface area (Å²) in [5, 5.41) is 9.45. The maximum absolute atomic E-state index is 12.3. The molecule has 2 atom stereocenters. The lowest BCUT2D eigenvalue weighted by Crippen LogP contribution is -2.43. The molecule has 2 rings (SSSR count). The molecule has 1 N–H and O–H groups in total. The number of carbonyl (C=O) groups is 2. The quantitative estimate of drug-likeness (QED) is 0.876. The molecular formula is C20H29NO5. The van der Waals surface area contributed by atoms with Gasteiger partial charge in [0.25, 0.3) is 0 Å². The van der Waals surface area contributed by atoms with Crippen LogP contribution in [0.25, 0.3) is 0 Å². The van der Waals surface area contributed by atoms with E-state index in [1.54, 1.807) is 20.8 Å². The molecule has 6 nitrogen and oxygen atoms in total. The molecule has 1 aromatic rings. The molecule has 1 fully saturated rings. The Balaban J connectivity index is 2.11. The van der Waals surface area contributed by atoms with Gasteiger partial charge < -0.3 is 14.6 Å². The Kier molecular flexibility index (Phi) is 5.84. The molecule has 26 heavy (non-hydrogen) atoms. The summed E-state index contributed by atoms with van der Waals surface area (Å²) in [7, 11) is 0. The van der Waals surface area contributed by atoms with Gasteiger partial charge in [-0.1, -0.05) is 19.9 Å². The number of benzene rings is 1. The first kappa shape index (κ1) is 20.1. The van der Waals surface area contributed by atoms with Crippen LogP contribution in [0.2, 0.25) is 0 Å². The van der Waals surface area contributed by atoms with Crippen LogP contribution < -0.4 is 4.74 Å². The Morgan fingerprint density at radius 1 is 1.27 bits per heavy atom. The second-order valence-corrected chi connectivity index (χ2v) is 8.14. The summed E-state index contributed by atoms with van der Waals surface area (Å²) in [4.78, 5) is 25.1. The summed E-state index contributed by atoms with van der Waals surface area (Å²) in [5.74, 6) is 0.0648. The van der Waals surface area contributed by atoms with Crippen molar-refractivity contribution in [2.75, 3.05) is 6.54 Å². The summed E-state index contributed by atoms with van der Waals surface area (Å²) in [6.07, 6.45) is -0.769. The van der Waals surface area contributed by atoms with E-state index in [0.29, 0.717) is 11.7 Å². The van der Waals surface area contributed by atoms with Gasteiger partial charge in [0.1, 0.15) is 23.5 Å². The van der Waals surface area contributed by atoms with Gasteiger partial charge in [-0.15, -0.1) is 0 Å². The minimum Gasteiger partial charge on any atom is -0.488 e. The highest BCUT2D eigenvalue weighted by atomic mass is 16.6. The second kappa shape index (κ2) is 7.56. The lowest BCUT2D eigenvalue weighted by molar-refractivity contribution is -0.142. The molecule has 0 bridgehead atoms. The average Bonchev–Trinajstić information content (AvgIpc) is 2.89. The SMILES string of the molecule is Cc1cc(OC2CC(C(=O)O)N(C(=O)OC(C)(C)C)C2)ccc1C(C)C. The van der Waals surface area contributed by atoms with Crippen LogP contribution in [-0.2, 0) is 9.53 Å². The summed E-state index contributed by atoms with van der Waals surface area (Å²) in [6.45, 7) is 11.8. The van der Waals surface area contributed by atoms with Crippen molar-refractivity contribution in [1.29, 1.82) is 0 Å². The summed E-state index contributed by atoms with van der Waals surface area (Å²) < 4.78 is 11.3. The van der Waals surface area contributed by atoms with E-state index < -0.39 is 23.7 Å². The van der Waals surface area contributed by atoms with Crippen molar-refractivity contribution in [1.82, 2.24) is 4.90 Å². The fraction of sp³-hybridized carbons (Fsp3) is 0.600. The molecule has 1 aliphatic rings. The molecule has 1 aliphatic heterocycles. The number of carbonyl (C=O) groups excluding carboxylic acids is 1. The lowest BCUT2D eigenvalue weighted by Gasteiger charge is -2.26. The molecule has 0 aliphatic carbocycles. The van der Waals surface area contributed by atoms with Crippen LogP contribution in [0.5, 0.6) is 5.75 Å². The highest BCUT2D eigenvalue weighted by molar-refractivity contribution is 5.81. The molecule has 0 radical (unpaired) electrons. The third-order valence-electron chi connectivity index (χ3n) is 4.34. The fourth-order valence-corrected chi connectivity index (χ4v) is 3.20. The molecule has 1 amide bonds. The van der Waals surface area contributed by atoms with E-state index in [1.807, 2.05) is 25.1 Å². The maximum atomic E-state index is 12.3. The number of aryl methyl sites for hydroxylation is 1. The predicted molar refractivity (Wildman–Crippen MR) is 98.7 cm³/mol. The number of nitrogens with zero attached hydrogens (tertiary/aromatic N) is 1. The number of ether oxygens (including phenoxy) is 2. The van der Waals surface area contributed by atoms with E-state index in [1.165, 1.54) is 10.5 Å². The number of carboxylic acid groups (broad SMARTS) is 1. The van der Waals surface area contributed by atoms with E-state index in [2.05, 4.69) is 13.8 Å². The molecule has 6 heteroatoms. The summed E-state index contributed by atoms with van der Waals surface area (Å²) >= 11 is 0. The number of likely N-dealkylation sites (tertiary alicyclic amines) is 1. The first-order valence-corrected chi connectivity index (χ1v) is 8.97. The molecule has 1 saturated heterocycles. The number of hydrogen-bond donors (Lipinski definition) is 1. The number of amides is 1. The first-order chi connectivity index (χ1) is 12.0. The van der Waals surface area contributed by atoms with Gasteiger partial charge in [0, 0.05) is 6.42 Å². The van der Waals surface area contributed by atoms with Crippen LogP contribution in [0.3, 0.4) is 0 Å². The lowest BCUT2D eigenvalue weighted by atomic mass is 9.98. The van der Waals surface area contributed by atoms with Gasteiger partial charge in [0.05, 0.1) is 6.54 Å². The van der Waals surface area contributed by atoms with Gasteiger partial charge >= 0.3 is 12.1 Å². The molecule has 1 aromatic carbocycles. The van der Waals surface area contributed by atoms with Crippen LogP contribution in [0, 0.1) is 6.92 Å². The van der Waals surface area contributed by atoms with Crippen LogP contribution in [0.1, 0.15) is 58.1 Å². The van der Waals surface area contributed by atoms with Crippen LogP contribution >= 0.6 is 0 Å². The van der Waals surface area contributed by atoms with Crippen LogP contribution in [-0.4, -0.2) is 46.4 Å². The van der Waals surface area contributed by atoms with Crippen molar-refractivity contribution in [3.8, 4) is 5.75 Å². The zero-order valence-electron chi connectivity index (χ0n) is 16.4. The minimum absolute atomic E-state index is 0.191. The Morgan fingerprint density at radius 3 is 2.42 bits per heavy atom. The van der Waals surface area contributed by atoms with Crippen molar-refractivity contribution in [2.24, 2.45) is 0 Å². The Hall–Kier alpha value is -2.24. The van der Waals surface area contributed by atoms with Crippen molar-refractivity contribution < 1.29 is 24.2 Å². The average molecular weight is 363 g/mol. The van der Waals surface area contributed by atoms with Gasteiger partial charge in [0.2, 0.25) is 0 Å². The van der Waals surface area contributed by atoms with Gasteiger partial charge in [-0.3, -0.25) is 4.90 Å². The summed E-state index contributed by atoms with van der Waals surface area (Å²) in [5.41, 5.74) is 1.71. The van der Waals surface area contributed by atoms with Gasteiger partial charge in [-0.2, -0.15) is 0 Å². The molecule has 144 valence electrons. The van der Waals surface area contributed by atoms with Crippen molar-refractivity contribution in [3.05, 3.63) is 29.3 Å². The van der Waals surface area contributed by atoms with Crippen molar-refractivity contribution in [2.45, 2.75) is 71.6 Å². The number of carboxylic acids is 1. The fourth-order valence-electron chi connectivity index (χ4n) is 3.20. The van der Waals surface area contributed by atoms with Crippen LogP contribution in [0.15, 0.2) is 18.2 Å². The monoisotopic (exact) mass is 363 g/mol. The standard InChI is InChI=1S/C20H29NO5/c1-12(2)16-8-7-14(9-13(16)3)25-15-10-17(18(22)23)21(11-15)19(24)26-20(4,5)6/h7-9,12,15,17H,10-11H2,1-6H3,(H,22,23). The van der Waals surface area contributed by atoms with E-state index in [9.17, 15) is 14.7 Å². The van der Waals surface area contributed by atoms with Gasteiger partial charge in [-0.05, 0) is 56.9 Å². The Bertz CT molecular complexity index is 677. The minimum atomic E-state index is -1.05. The third kappa shape index (κ3) is 4.90. The zero-order chi connectivity index (χ0) is 19.6. The molecule has 0 aromatic heterocycles. The van der Waals surface area contributed by atoms with E-state index in [4.69, 9.17) is 9.47 Å². The van der Waals surface area contributed by atoms with E-state index in [0.717, 1.165) is 5.56 Å². The van der Waals surface area contributed by atoms with E-state index in [-0.39, 0.29) is 19.1 Å². The third-order valence-corrected chi connectivity index (χ3v) is 4.34. The van der Waals surface area contributed by atoms with Crippen LogP contribution in [0.4, 0.5) is 4.79 Å². The maximum Gasteiger partial charge on any atom is 0.411 e. The second-order valence-electron chi connectivity index (χ2n) is 8.14. The van der Waals surface area contributed by atoms with Gasteiger partial charge in [0.15, 0.2) is 0 Å². The zero-order valence-corrected chi connectivity index (χ0v) is 16.4.